The van der Waals surface area contributed by atoms with Gasteiger partial charge in [-0.15, -0.1) is 5.10 Å². The lowest BCUT2D eigenvalue weighted by Gasteiger charge is -2.36. The Morgan fingerprint density at radius 2 is 1.66 bits per heavy atom. The molecule has 0 unspecified atom stereocenters. The van der Waals surface area contributed by atoms with Crippen LogP contribution in [0.5, 0.6) is 0 Å². The fourth-order valence-electron chi connectivity index (χ4n) is 3.21. The average molecular weight is 406 g/mol. The van der Waals surface area contributed by atoms with Gasteiger partial charge in [-0.3, -0.25) is 9.89 Å². The van der Waals surface area contributed by atoms with Crippen molar-refractivity contribution in [2.24, 2.45) is 0 Å². The van der Waals surface area contributed by atoms with Crippen LogP contribution in [0, 0.1) is 0 Å². The van der Waals surface area contributed by atoms with Crippen molar-refractivity contribution >= 4 is 35.5 Å². The molecule has 2 heterocycles. The lowest BCUT2D eigenvalue weighted by molar-refractivity contribution is -0.128. The number of carbonyl (C=O) groups is 1. The lowest BCUT2D eigenvalue weighted by atomic mass is 10.2. The predicted molar refractivity (Wildman–Crippen MR) is 118 cm³/mol. The number of aromatic nitrogens is 3. The van der Waals surface area contributed by atoms with Crippen molar-refractivity contribution in [2.45, 2.75) is 5.16 Å². The zero-order chi connectivity index (χ0) is 19.9. The first-order chi connectivity index (χ1) is 14.3. The number of hydrogen-bond acceptors (Lipinski definition) is 5. The van der Waals surface area contributed by atoms with E-state index in [4.69, 9.17) is 0 Å². The molecule has 1 N–H and O–H groups in total. The monoisotopic (exact) mass is 405 g/mol. The van der Waals surface area contributed by atoms with Crippen LogP contribution in [-0.4, -0.2) is 57.9 Å². The number of aromatic amines is 1. The van der Waals surface area contributed by atoms with Crippen molar-refractivity contribution in [3.63, 3.8) is 0 Å². The van der Waals surface area contributed by atoms with E-state index < -0.39 is 0 Å². The van der Waals surface area contributed by atoms with Gasteiger partial charge in [0.1, 0.15) is 5.82 Å². The third-order valence-corrected chi connectivity index (χ3v) is 5.63. The highest BCUT2D eigenvalue weighted by Crippen LogP contribution is 2.18. The molecule has 29 heavy (non-hydrogen) atoms. The molecule has 3 aromatic rings. The van der Waals surface area contributed by atoms with Crippen LogP contribution in [0.15, 0.2) is 65.8 Å². The Hall–Kier alpha value is -3.06. The van der Waals surface area contributed by atoms with Gasteiger partial charge in [0.2, 0.25) is 11.1 Å². The summed E-state index contributed by atoms with van der Waals surface area (Å²) in [7, 11) is 0. The van der Waals surface area contributed by atoms with Crippen molar-refractivity contribution in [1.29, 1.82) is 0 Å². The summed E-state index contributed by atoms with van der Waals surface area (Å²) in [6.07, 6.45) is 3.86. The Balaban J connectivity index is 1.24. The molecule has 1 fully saturated rings. The topological polar surface area (TPSA) is 65.1 Å². The molecule has 1 aliphatic heterocycles. The van der Waals surface area contributed by atoms with Crippen molar-refractivity contribution in [1.82, 2.24) is 20.1 Å². The van der Waals surface area contributed by atoms with E-state index in [1.54, 1.807) is 0 Å². The number of nitrogens with one attached hydrogen (secondary N) is 1. The summed E-state index contributed by atoms with van der Waals surface area (Å²) >= 11 is 1.37. The third kappa shape index (κ3) is 5.26. The fraction of sp³-hybridized carbons (Fsp3) is 0.227. The molecule has 0 aliphatic carbocycles. The largest absolute Gasteiger partial charge is 0.368 e. The van der Waals surface area contributed by atoms with E-state index in [-0.39, 0.29) is 5.91 Å². The maximum Gasteiger partial charge on any atom is 0.233 e. The first-order valence-electron chi connectivity index (χ1n) is 9.64. The van der Waals surface area contributed by atoms with Gasteiger partial charge in [-0.05, 0) is 23.8 Å². The summed E-state index contributed by atoms with van der Waals surface area (Å²) in [5.74, 6) is 1.17. The first kappa shape index (κ1) is 19.3. The zero-order valence-corrected chi connectivity index (χ0v) is 16.9. The van der Waals surface area contributed by atoms with Gasteiger partial charge in [0, 0.05) is 31.9 Å². The highest BCUT2D eigenvalue weighted by molar-refractivity contribution is 7.99. The van der Waals surface area contributed by atoms with Crippen LogP contribution in [0.25, 0.3) is 12.2 Å². The average Bonchev–Trinajstić information content (AvgIpc) is 3.25. The minimum absolute atomic E-state index is 0.133. The van der Waals surface area contributed by atoms with E-state index in [2.05, 4.69) is 32.2 Å². The van der Waals surface area contributed by atoms with Crippen LogP contribution < -0.4 is 4.90 Å². The molecule has 0 saturated carbocycles. The minimum Gasteiger partial charge on any atom is -0.368 e. The van der Waals surface area contributed by atoms with Crippen LogP contribution in [0.3, 0.4) is 0 Å². The van der Waals surface area contributed by atoms with E-state index in [0.29, 0.717) is 16.7 Å². The predicted octanol–water partition coefficient (Wildman–Crippen LogP) is 3.42. The van der Waals surface area contributed by atoms with Crippen LogP contribution in [0.4, 0.5) is 5.69 Å². The third-order valence-electron chi connectivity index (χ3n) is 4.79. The van der Waals surface area contributed by atoms with Crippen molar-refractivity contribution in [3.8, 4) is 0 Å². The summed E-state index contributed by atoms with van der Waals surface area (Å²) < 4.78 is 0. The van der Waals surface area contributed by atoms with E-state index in [1.807, 2.05) is 65.6 Å². The maximum absolute atomic E-state index is 12.5. The molecule has 1 amide bonds. The number of amides is 1. The number of anilines is 1. The number of hydrogen-bond donors (Lipinski definition) is 1. The summed E-state index contributed by atoms with van der Waals surface area (Å²) in [4.78, 5) is 21.2. The minimum atomic E-state index is 0.133. The van der Waals surface area contributed by atoms with Gasteiger partial charge in [0.15, 0.2) is 0 Å². The Kier molecular flexibility index (Phi) is 6.26. The summed E-state index contributed by atoms with van der Waals surface area (Å²) in [5.41, 5.74) is 2.31. The molecule has 2 aromatic carbocycles. The molecule has 1 saturated heterocycles. The molecule has 0 bridgehead atoms. The number of carbonyl (C=O) groups excluding carboxylic acids is 1. The SMILES string of the molecule is O=C(CSc1n[nH]c(/C=C\c2ccccc2)n1)N1CCN(c2ccccc2)CC1. The lowest BCUT2D eigenvalue weighted by Crippen LogP contribution is -2.49. The maximum atomic E-state index is 12.5. The molecule has 6 nitrogen and oxygen atoms in total. The fourth-order valence-corrected chi connectivity index (χ4v) is 3.92. The Bertz CT molecular complexity index is 950. The molecule has 7 heteroatoms. The van der Waals surface area contributed by atoms with Gasteiger partial charge in [0.05, 0.1) is 5.75 Å². The normalized spacial score (nSPS) is 14.5. The molecular weight excluding hydrogens is 382 g/mol. The van der Waals surface area contributed by atoms with E-state index in [1.165, 1.54) is 17.4 Å². The first-order valence-corrected chi connectivity index (χ1v) is 10.6. The van der Waals surface area contributed by atoms with Crippen LogP contribution in [0.2, 0.25) is 0 Å². The second-order valence-corrected chi connectivity index (χ2v) is 7.68. The van der Waals surface area contributed by atoms with Crippen LogP contribution >= 0.6 is 11.8 Å². The van der Waals surface area contributed by atoms with Crippen molar-refractivity contribution in [3.05, 3.63) is 72.1 Å². The van der Waals surface area contributed by atoms with E-state index in [9.17, 15) is 4.79 Å². The number of H-pyrrole nitrogens is 1. The number of nitrogens with zero attached hydrogens (tertiary/aromatic N) is 4. The van der Waals surface area contributed by atoms with Gasteiger partial charge in [-0.2, -0.15) is 0 Å². The van der Waals surface area contributed by atoms with Crippen LogP contribution in [0.1, 0.15) is 11.4 Å². The Morgan fingerprint density at radius 1 is 0.966 bits per heavy atom. The second kappa shape index (κ2) is 9.43. The molecule has 1 aliphatic rings. The second-order valence-electron chi connectivity index (χ2n) is 6.74. The highest BCUT2D eigenvalue weighted by Gasteiger charge is 2.21. The number of benzene rings is 2. The Morgan fingerprint density at radius 3 is 2.38 bits per heavy atom. The molecular formula is C22H23N5OS. The molecule has 148 valence electrons. The van der Waals surface area contributed by atoms with Gasteiger partial charge >= 0.3 is 0 Å². The number of rotatable bonds is 6. The van der Waals surface area contributed by atoms with Crippen molar-refractivity contribution < 1.29 is 4.79 Å². The smallest absolute Gasteiger partial charge is 0.233 e. The van der Waals surface area contributed by atoms with E-state index in [0.717, 1.165) is 31.7 Å². The highest BCUT2D eigenvalue weighted by atomic mass is 32.2. The molecule has 0 spiro atoms. The summed E-state index contributed by atoms with van der Waals surface area (Å²) in [5, 5.41) is 7.69. The van der Waals surface area contributed by atoms with Gasteiger partial charge in [-0.1, -0.05) is 66.4 Å². The molecule has 1 aromatic heterocycles. The molecule has 4 rings (SSSR count). The number of thioether (sulfide) groups is 1. The van der Waals surface area contributed by atoms with Gasteiger partial charge in [-0.25, -0.2) is 4.98 Å². The van der Waals surface area contributed by atoms with Crippen LogP contribution in [-0.2, 0) is 4.79 Å². The number of para-hydroxylation sites is 1. The van der Waals surface area contributed by atoms with Gasteiger partial charge in [0.25, 0.3) is 0 Å². The standard InChI is InChI=1S/C22H23N5OS/c28-21(27-15-13-26(14-16-27)19-9-5-2-6-10-19)17-29-22-23-20(24-25-22)12-11-18-7-3-1-4-8-18/h1-12H,13-17H2,(H,23,24,25)/b12-11-. The summed E-state index contributed by atoms with van der Waals surface area (Å²) in [6.45, 7) is 3.20. The zero-order valence-electron chi connectivity index (χ0n) is 16.1. The molecule has 0 radical (unpaired) electrons. The molecule has 0 atom stereocenters. The van der Waals surface area contributed by atoms with Gasteiger partial charge < -0.3 is 9.80 Å². The number of piperazine rings is 1. The van der Waals surface area contributed by atoms with E-state index >= 15 is 0 Å². The Labute approximate surface area is 174 Å². The quantitative estimate of drug-likeness (QED) is 0.637. The van der Waals surface area contributed by atoms with Crippen molar-refractivity contribution in [2.75, 3.05) is 36.8 Å². The summed E-state index contributed by atoms with van der Waals surface area (Å²) in [6, 6.07) is 20.4.